The van der Waals surface area contributed by atoms with E-state index in [4.69, 9.17) is 16.3 Å². The topological polar surface area (TPSA) is 9.23 Å². The quantitative estimate of drug-likeness (QED) is 0.180. The van der Waals surface area contributed by atoms with Gasteiger partial charge in [-0.2, -0.15) is 0 Å². The lowest BCUT2D eigenvalue weighted by Gasteiger charge is -1.95. The van der Waals surface area contributed by atoms with E-state index in [1.165, 1.54) is 19.3 Å². The molecule has 0 atom stereocenters. The molecule has 0 aromatic carbocycles. The Morgan fingerprint density at radius 3 is 2.55 bits per heavy atom. The maximum Gasteiger partial charge on any atom is 0.0647 e. The predicted molar refractivity (Wildman–Crippen MR) is 90.5 cm³/mol. The van der Waals surface area contributed by atoms with Crippen molar-refractivity contribution in [2.75, 3.05) is 19.1 Å². The Morgan fingerprint density at radius 1 is 0.950 bits per heavy atom. The van der Waals surface area contributed by atoms with Crippen LogP contribution < -0.4 is 0 Å². The largest absolute Gasteiger partial charge is 0.377 e. The lowest BCUT2D eigenvalue weighted by Crippen LogP contribution is -1.91. The van der Waals surface area contributed by atoms with Gasteiger partial charge in [0, 0.05) is 5.88 Å². The van der Waals surface area contributed by atoms with Crippen LogP contribution in [-0.4, -0.2) is 19.1 Å². The van der Waals surface area contributed by atoms with Crippen LogP contribution in [0.2, 0.25) is 0 Å². The molecule has 0 fully saturated rings. The highest BCUT2D eigenvalue weighted by Crippen LogP contribution is 1.97. The minimum Gasteiger partial charge on any atom is -0.377 e. The van der Waals surface area contributed by atoms with Crippen LogP contribution in [0.3, 0.4) is 0 Å². The SMILES string of the molecule is CCCCC=CCC=CCOCCC=C=CCCCCl. The van der Waals surface area contributed by atoms with Crippen molar-refractivity contribution in [1.82, 2.24) is 0 Å². The van der Waals surface area contributed by atoms with Gasteiger partial charge >= 0.3 is 0 Å². The Morgan fingerprint density at radius 2 is 1.75 bits per heavy atom. The predicted octanol–water partition coefficient (Wildman–Crippen LogP) is 5.82. The molecular weight excluding hydrogens is 268 g/mol. The van der Waals surface area contributed by atoms with Gasteiger partial charge in [-0.1, -0.05) is 44.1 Å². The third-order valence-corrected chi connectivity index (χ3v) is 2.94. The smallest absolute Gasteiger partial charge is 0.0647 e. The summed E-state index contributed by atoms with van der Waals surface area (Å²) in [6.07, 6.45) is 20.5. The highest BCUT2D eigenvalue weighted by molar-refractivity contribution is 6.17. The summed E-state index contributed by atoms with van der Waals surface area (Å²) in [5, 5.41) is 0. The van der Waals surface area contributed by atoms with Crippen LogP contribution >= 0.6 is 11.6 Å². The molecule has 0 bridgehead atoms. The molecule has 0 aromatic rings. The van der Waals surface area contributed by atoms with Crippen LogP contribution in [0.5, 0.6) is 0 Å². The third kappa shape index (κ3) is 17.2. The van der Waals surface area contributed by atoms with Gasteiger partial charge in [0.2, 0.25) is 0 Å². The zero-order valence-corrected chi connectivity index (χ0v) is 13.6. The van der Waals surface area contributed by atoms with Gasteiger partial charge in [0.1, 0.15) is 0 Å². The fraction of sp³-hybridized carbons (Fsp3) is 0.611. The van der Waals surface area contributed by atoms with Crippen molar-refractivity contribution >= 4 is 11.6 Å². The summed E-state index contributed by atoms with van der Waals surface area (Å²) in [5.74, 6) is 0.724. The number of unbranched alkanes of at least 4 members (excludes halogenated alkanes) is 3. The molecule has 2 heteroatoms. The summed E-state index contributed by atoms with van der Waals surface area (Å²) in [7, 11) is 0. The van der Waals surface area contributed by atoms with Crippen LogP contribution in [0.1, 0.15) is 51.9 Å². The molecule has 0 spiro atoms. The summed E-state index contributed by atoms with van der Waals surface area (Å²) in [6.45, 7) is 3.68. The molecule has 0 saturated heterocycles. The van der Waals surface area contributed by atoms with Crippen molar-refractivity contribution in [3.05, 3.63) is 42.2 Å². The second-order valence-electron chi connectivity index (χ2n) is 4.59. The van der Waals surface area contributed by atoms with Crippen LogP contribution in [0.4, 0.5) is 0 Å². The highest BCUT2D eigenvalue weighted by atomic mass is 35.5. The molecule has 0 rings (SSSR count). The lowest BCUT2D eigenvalue weighted by atomic mass is 10.2. The molecule has 0 radical (unpaired) electrons. The Labute approximate surface area is 130 Å². The minimum atomic E-state index is 0.701. The highest BCUT2D eigenvalue weighted by Gasteiger charge is 1.82. The molecule has 114 valence electrons. The van der Waals surface area contributed by atoms with Gasteiger partial charge in [-0.05, 0) is 44.3 Å². The maximum absolute atomic E-state index is 5.58. The fourth-order valence-corrected chi connectivity index (χ4v) is 1.66. The van der Waals surface area contributed by atoms with E-state index in [-0.39, 0.29) is 0 Å². The van der Waals surface area contributed by atoms with Gasteiger partial charge in [-0.25, -0.2) is 0 Å². The standard InChI is InChI=1S/C18H29ClO/c1-2-3-4-5-6-8-11-14-17-20-18-15-12-9-7-10-13-16-19/h5-7,11-12,14H,2-4,8,10,13,15-18H2,1H3. The van der Waals surface area contributed by atoms with E-state index in [9.17, 15) is 0 Å². The average molecular weight is 297 g/mol. The minimum absolute atomic E-state index is 0.701. The van der Waals surface area contributed by atoms with Crippen molar-refractivity contribution in [2.24, 2.45) is 0 Å². The Kier molecular flexibility index (Phi) is 17.6. The van der Waals surface area contributed by atoms with E-state index >= 15 is 0 Å². The third-order valence-electron chi connectivity index (χ3n) is 2.67. The second-order valence-corrected chi connectivity index (χ2v) is 4.97. The average Bonchev–Trinajstić information content (AvgIpc) is 2.47. The number of hydrogen-bond acceptors (Lipinski definition) is 1. The van der Waals surface area contributed by atoms with Crippen molar-refractivity contribution < 1.29 is 4.74 Å². The number of allylic oxidation sites excluding steroid dienone is 3. The normalized spacial score (nSPS) is 11.1. The Bertz CT molecular complexity index is 299. The molecule has 20 heavy (non-hydrogen) atoms. The molecule has 0 aliphatic heterocycles. The first-order valence-electron chi connectivity index (χ1n) is 7.75. The van der Waals surface area contributed by atoms with Crippen molar-refractivity contribution in [3.8, 4) is 0 Å². The summed E-state index contributed by atoms with van der Waals surface area (Å²) in [5.41, 5.74) is 3.14. The molecule has 0 N–H and O–H groups in total. The second kappa shape index (κ2) is 18.2. The first-order chi connectivity index (χ1) is 9.91. The van der Waals surface area contributed by atoms with Crippen molar-refractivity contribution in [2.45, 2.75) is 51.9 Å². The summed E-state index contributed by atoms with van der Waals surface area (Å²) in [4.78, 5) is 0. The molecule has 1 nitrogen and oxygen atoms in total. The summed E-state index contributed by atoms with van der Waals surface area (Å²) in [6, 6.07) is 0. The molecule has 0 aliphatic rings. The van der Waals surface area contributed by atoms with Gasteiger partial charge < -0.3 is 4.74 Å². The van der Waals surface area contributed by atoms with Crippen molar-refractivity contribution in [3.63, 3.8) is 0 Å². The van der Waals surface area contributed by atoms with Crippen LogP contribution in [0.25, 0.3) is 0 Å². The van der Waals surface area contributed by atoms with E-state index in [1.54, 1.807) is 0 Å². The number of alkyl halides is 1. The Balaban J connectivity index is 3.30. The summed E-state index contributed by atoms with van der Waals surface area (Å²) >= 11 is 5.58. The maximum atomic E-state index is 5.58. The van der Waals surface area contributed by atoms with E-state index in [0.29, 0.717) is 6.61 Å². The Hall–Kier alpha value is -0.750. The van der Waals surface area contributed by atoms with Gasteiger partial charge in [0.15, 0.2) is 0 Å². The number of rotatable bonds is 13. The van der Waals surface area contributed by atoms with Crippen LogP contribution in [0, 0.1) is 0 Å². The van der Waals surface area contributed by atoms with E-state index < -0.39 is 0 Å². The molecule has 0 amide bonds. The van der Waals surface area contributed by atoms with Crippen LogP contribution in [-0.2, 0) is 4.74 Å². The van der Waals surface area contributed by atoms with Crippen molar-refractivity contribution in [1.29, 1.82) is 0 Å². The number of hydrogen-bond donors (Lipinski definition) is 0. The van der Waals surface area contributed by atoms with Gasteiger partial charge in [-0.3, -0.25) is 0 Å². The van der Waals surface area contributed by atoms with Crippen LogP contribution in [0.15, 0.2) is 42.2 Å². The number of ether oxygens (including phenoxy) is 1. The molecular formula is C18H29ClO. The van der Waals surface area contributed by atoms with E-state index in [2.05, 4.69) is 37.0 Å². The molecule has 0 unspecified atom stereocenters. The lowest BCUT2D eigenvalue weighted by molar-refractivity contribution is 0.167. The fourth-order valence-electron chi connectivity index (χ4n) is 1.50. The summed E-state index contributed by atoms with van der Waals surface area (Å²) < 4.78 is 5.49. The zero-order chi connectivity index (χ0) is 14.7. The molecule has 0 saturated carbocycles. The van der Waals surface area contributed by atoms with Gasteiger partial charge in [0.05, 0.1) is 13.2 Å². The van der Waals surface area contributed by atoms with Gasteiger partial charge in [0.25, 0.3) is 0 Å². The first-order valence-corrected chi connectivity index (χ1v) is 8.28. The monoisotopic (exact) mass is 296 g/mol. The van der Waals surface area contributed by atoms with Gasteiger partial charge in [-0.15, -0.1) is 17.3 Å². The van der Waals surface area contributed by atoms with E-state index in [0.717, 1.165) is 38.2 Å². The number of halogens is 1. The first kappa shape index (κ1) is 19.2. The van der Waals surface area contributed by atoms with E-state index in [1.807, 2.05) is 12.2 Å². The molecule has 0 aliphatic carbocycles. The zero-order valence-electron chi connectivity index (χ0n) is 12.8. The molecule has 0 aromatic heterocycles. The molecule has 0 heterocycles.